The predicted molar refractivity (Wildman–Crippen MR) is 219 cm³/mol. The lowest BCUT2D eigenvalue weighted by Gasteiger charge is -2.41. The highest BCUT2D eigenvalue weighted by molar-refractivity contribution is 5.90. The van der Waals surface area contributed by atoms with Crippen molar-refractivity contribution in [2.75, 3.05) is 47.9 Å². The molecule has 1 aromatic carbocycles. The third kappa shape index (κ3) is 13.3. The van der Waals surface area contributed by atoms with Gasteiger partial charge in [0.25, 0.3) is 0 Å². The molecule has 0 unspecified atom stereocenters. The van der Waals surface area contributed by atoms with Gasteiger partial charge in [-0.15, -0.1) is 0 Å². The molecule has 2 rings (SSSR count). The van der Waals surface area contributed by atoms with E-state index in [-0.39, 0.29) is 60.7 Å². The summed E-state index contributed by atoms with van der Waals surface area (Å²) in [7, 11) is 6.75. The van der Waals surface area contributed by atoms with Crippen molar-refractivity contribution in [3.05, 3.63) is 35.9 Å². The number of nitrogens with one attached hydrogen (secondary N) is 1. The van der Waals surface area contributed by atoms with E-state index in [0.29, 0.717) is 32.5 Å². The summed E-state index contributed by atoms with van der Waals surface area (Å²) in [5.41, 5.74) is 6.53. The number of hydrogen-bond donors (Lipinski definition) is 3. The highest BCUT2D eigenvalue weighted by Gasteiger charge is 2.43. The number of carboxylic acid groups (broad SMARTS) is 1. The van der Waals surface area contributed by atoms with Gasteiger partial charge in [-0.25, -0.2) is 4.79 Å². The molecule has 9 atom stereocenters. The molecule has 1 aliphatic rings. The van der Waals surface area contributed by atoms with Crippen molar-refractivity contribution in [1.82, 2.24) is 20.0 Å². The number of aliphatic carboxylic acids is 1. The molecule has 1 aromatic rings. The van der Waals surface area contributed by atoms with E-state index in [9.17, 15) is 29.1 Å². The zero-order valence-corrected chi connectivity index (χ0v) is 36.0. The first-order valence-corrected chi connectivity index (χ1v) is 20.6. The minimum atomic E-state index is -1.14. The van der Waals surface area contributed by atoms with Crippen molar-refractivity contribution in [1.29, 1.82) is 0 Å². The summed E-state index contributed by atoms with van der Waals surface area (Å²) in [5.74, 6) is -3.27. The Balaban J connectivity index is 2.28. The van der Waals surface area contributed by atoms with Gasteiger partial charge in [0.2, 0.25) is 17.7 Å². The number of likely N-dealkylation sites (tertiary alicyclic amines) is 1. The number of hydrogen-bond acceptors (Lipinski definition) is 9. The fourth-order valence-corrected chi connectivity index (χ4v) is 8.47. The normalized spacial score (nSPS) is 18.9. The van der Waals surface area contributed by atoms with E-state index in [1.807, 2.05) is 83.8 Å². The molecule has 318 valence electrons. The molecule has 1 fully saturated rings. The Kier molecular flexibility index (Phi) is 20.7. The molecule has 13 heteroatoms. The zero-order valence-electron chi connectivity index (χ0n) is 36.0. The summed E-state index contributed by atoms with van der Waals surface area (Å²) >= 11 is 0. The number of carboxylic acids is 1. The van der Waals surface area contributed by atoms with Crippen LogP contribution in [0.2, 0.25) is 0 Å². The fourth-order valence-electron chi connectivity index (χ4n) is 8.47. The number of ether oxygens (including phenoxy) is 2. The molecule has 0 spiro atoms. The first-order valence-electron chi connectivity index (χ1n) is 20.6. The molecule has 0 aliphatic carbocycles. The number of carbonyl (C=O) groups excluding carboxylic acids is 4. The van der Waals surface area contributed by atoms with Gasteiger partial charge in [-0.3, -0.25) is 24.1 Å². The maximum atomic E-state index is 14.4. The molecule has 1 aliphatic heterocycles. The van der Waals surface area contributed by atoms with Gasteiger partial charge in [0.15, 0.2) is 5.78 Å². The number of carbonyl (C=O) groups is 5. The van der Waals surface area contributed by atoms with Crippen molar-refractivity contribution in [3.63, 3.8) is 0 Å². The van der Waals surface area contributed by atoms with Crippen LogP contribution in [-0.4, -0.2) is 134 Å². The summed E-state index contributed by atoms with van der Waals surface area (Å²) in [6, 6.07) is 6.78. The number of nitrogens with two attached hydrogens (primary N) is 1. The maximum absolute atomic E-state index is 14.4. The van der Waals surface area contributed by atoms with Gasteiger partial charge >= 0.3 is 5.97 Å². The Morgan fingerprint density at radius 2 is 1.61 bits per heavy atom. The Morgan fingerprint density at radius 1 is 0.964 bits per heavy atom. The van der Waals surface area contributed by atoms with Crippen LogP contribution in [-0.2, 0) is 39.9 Å². The van der Waals surface area contributed by atoms with E-state index >= 15 is 0 Å². The largest absolute Gasteiger partial charge is 0.480 e. The first kappa shape index (κ1) is 48.8. The number of Topliss-reactive ketones (excluding diaryl/α,β-unsaturated/α-hetero) is 1. The van der Waals surface area contributed by atoms with Crippen molar-refractivity contribution in [3.8, 4) is 0 Å². The predicted octanol–water partition coefficient (Wildman–Crippen LogP) is 4.26. The molecule has 13 nitrogen and oxygen atoms in total. The van der Waals surface area contributed by atoms with Crippen LogP contribution in [0.3, 0.4) is 0 Å². The van der Waals surface area contributed by atoms with Gasteiger partial charge in [-0.05, 0) is 62.7 Å². The van der Waals surface area contributed by atoms with Crippen LogP contribution in [0.25, 0.3) is 0 Å². The van der Waals surface area contributed by atoms with Gasteiger partial charge < -0.3 is 35.4 Å². The average Bonchev–Trinajstić information content (AvgIpc) is 3.65. The van der Waals surface area contributed by atoms with Crippen LogP contribution in [0.4, 0.5) is 0 Å². The van der Waals surface area contributed by atoms with Crippen LogP contribution in [0.5, 0.6) is 0 Å². The van der Waals surface area contributed by atoms with E-state index in [4.69, 9.17) is 15.2 Å². The molecule has 0 saturated carbocycles. The van der Waals surface area contributed by atoms with Crippen LogP contribution in [0, 0.1) is 29.6 Å². The number of nitrogens with zero attached hydrogens (tertiary/aromatic N) is 3. The van der Waals surface area contributed by atoms with E-state index in [2.05, 4.69) is 5.32 Å². The van der Waals surface area contributed by atoms with Gasteiger partial charge in [0, 0.05) is 46.6 Å². The summed E-state index contributed by atoms with van der Waals surface area (Å²) in [4.78, 5) is 73.6. The van der Waals surface area contributed by atoms with Crippen molar-refractivity contribution in [2.24, 2.45) is 35.3 Å². The smallest absolute Gasteiger partial charge is 0.326 e. The lowest BCUT2D eigenvalue weighted by atomic mass is 9.83. The number of ketones is 1. The highest BCUT2D eigenvalue weighted by Crippen LogP contribution is 2.31. The summed E-state index contributed by atoms with van der Waals surface area (Å²) in [6.45, 7) is 15.5. The van der Waals surface area contributed by atoms with Crippen LogP contribution >= 0.6 is 0 Å². The second-order valence-corrected chi connectivity index (χ2v) is 16.5. The standard InChI is InChI=1S/C43H73N5O8/c1-12-29(6)39(47(9)42(52)32(27(2)3)25-35(49)38(28(4)5)46(8)22-17-21-44)36(55-10)26-37(50)48-23-16-20-34(48)40(56-11)30(7)41(51)45-33(43(53)54)24-31-18-14-13-15-19-31/h13-15,18-19,27-30,32-34,36,38-40H,12,16-17,20-26,44H2,1-11H3,(H,45,51)(H,53,54)/t29-,30+,32-,33-,34-,36+,38-,39-,40+/m0/s1. The van der Waals surface area contributed by atoms with E-state index < -0.39 is 54.0 Å². The maximum Gasteiger partial charge on any atom is 0.326 e. The molecule has 56 heavy (non-hydrogen) atoms. The van der Waals surface area contributed by atoms with Gasteiger partial charge in [0.1, 0.15) is 6.04 Å². The third-order valence-corrected chi connectivity index (χ3v) is 11.9. The minimum Gasteiger partial charge on any atom is -0.480 e. The summed E-state index contributed by atoms with van der Waals surface area (Å²) < 4.78 is 11.9. The van der Waals surface area contributed by atoms with Crippen molar-refractivity contribution < 1.29 is 38.6 Å². The second kappa shape index (κ2) is 23.7. The van der Waals surface area contributed by atoms with Gasteiger partial charge in [0.05, 0.1) is 42.7 Å². The van der Waals surface area contributed by atoms with Crippen molar-refractivity contribution >= 4 is 29.5 Å². The molecular weight excluding hydrogens is 714 g/mol. The molecule has 1 saturated heterocycles. The summed E-state index contributed by atoms with van der Waals surface area (Å²) in [5, 5.41) is 12.6. The van der Waals surface area contributed by atoms with Gasteiger partial charge in [-0.2, -0.15) is 0 Å². The number of amides is 3. The quantitative estimate of drug-likeness (QED) is 0.130. The molecule has 1 heterocycles. The van der Waals surface area contributed by atoms with Crippen LogP contribution in [0.15, 0.2) is 30.3 Å². The topological polar surface area (TPSA) is 172 Å². The number of benzene rings is 1. The summed E-state index contributed by atoms with van der Waals surface area (Å²) in [6.07, 6.45) is 1.75. The molecule has 0 radical (unpaired) electrons. The van der Waals surface area contributed by atoms with E-state index in [1.54, 1.807) is 30.9 Å². The minimum absolute atomic E-state index is 0.00143. The van der Waals surface area contributed by atoms with Crippen LogP contribution in [0.1, 0.15) is 92.6 Å². The van der Waals surface area contributed by atoms with Crippen molar-refractivity contribution in [2.45, 2.75) is 130 Å². The van der Waals surface area contributed by atoms with E-state index in [0.717, 1.165) is 18.4 Å². The fraction of sp³-hybridized carbons (Fsp3) is 0.744. The zero-order chi connectivity index (χ0) is 42.3. The average molecular weight is 788 g/mol. The van der Waals surface area contributed by atoms with E-state index in [1.165, 1.54) is 7.11 Å². The Hall–Kier alpha value is -3.39. The Bertz CT molecular complexity index is 1390. The molecule has 0 aromatic heterocycles. The highest BCUT2D eigenvalue weighted by atomic mass is 16.5. The number of likely N-dealkylation sites (N-methyl/N-ethyl adjacent to an activating group) is 2. The second-order valence-electron chi connectivity index (χ2n) is 16.5. The molecule has 3 amide bonds. The first-order chi connectivity index (χ1) is 26.4. The number of rotatable bonds is 25. The lowest BCUT2D eigenvalue weighted by molar-refractivity contribution is -0.149. The third-order valence-electron chi connectivity index (χ3n) is 11.9. The van der Waals surface area contributed by atoms with Crippen LogP contribution < -0.4 is 11.1 Å². The molecule has 0 bridgehead atoms. The monoisotopic (exact) mass is 788 g/mol. The molecular formula is C43H73N5O8. The Morgan fingerprint density at radius 3 is 2.12 bits per heavy atom. The Labute approximate surface area is 336 Å². The lowest BCUT2D eigenvalue weighted by Crippen LogP contribution is -2.55. The van der Waals surface area contributed by atoms with Gasteiger partial charge in [-0.1, -0.05) is 85.2 Å². The SMILES string of the molecule is CC[C@H](C)[C@@H]([C@@H](CC(=O)N1CCC[C@H]1[C@H](OC)[C@@H](C)C(=O)N[C@@H](Cc1ccccc1)C(=O)O)OC)N(C)C(=O)[C@@H](CC(=O)[C@H](C(C)C)N(C)CCCN)C(C)C. The number of methoxy groups -OCH3 is 2. The molecule has 4 N–H and O–H groups in total.